The van der Waals surface area contributed by atoms with Crippen molar-refractivity contribution in [2.24, 2.45) is 0 Å². The Labute approximate surface area is 170 Å². The molecule has 0 fully saturated rings. The smallest absolute Gasteiger partial charge is 0.179 e. The van der Waals surface area contributed by atoms with Gasteiger partial charge in [-0.2, -0.15) is 0 Å². The Kier molecular flexibility index (Phi) is 6.00. The van der Waals surface area contributed by atoms with Crippen LogP contribution in [0.2, 0.25) is 0 Å². The molecule has 1 aliphatic heterocycles. The van der Waals surface area contributed by atoms with Gasteiger partial charge in [0.15, 0.2) is 11.6 Å². The van der Waals surface area contributed by atoms with E-state index in [0.29, 0.717) is 5.75 Å². The minimum Gasteiger partial charge on any atom is -0.491 e. The second kappa shape index (κ2) is 9.01. The highest BCUT2D eigenvalue weighted by Gasteiger charge is 2.15. The first kappa shape index (κ1) is 19.3. The topological polar surface area (TPSA) is 50.3 Å². The van der Waals surface area contributed by atoms with Crippen LogP contribution in [0, 0.1) is 5.82 Å². The summed E-state index contributed by atoms with van der Waals surface area (Å²) in [5, 5.41) is 5.39. The number of benzene rings is 2. The zero-order valence-electron chi connectivity index (χ0n) is 16.6. The second-order valence-corrected chi connectivity index (χ2v) is 7.17. The van der Waals surface area contributed by atoms with Crippen molar-refractivity contribution in [1.82, 2.24) is 14.9 Å². The molecule has 1 aromatic heterocycles. The van der Waals surface area contributed by atoms with Crippen LogP contribution >= 0.6 is 0 Å². The van der Waals surface area contributed by atoms with Crippen molar-refractivity contribution in [2.75, 3.05) is 38.6 Å². The maximum atomic E-state index is 13.7. The lowest BCUT2D eigenvalue weighted by Crippen LogP contribution is -2.30. The van der Waals surface area contributed by atoms with Crippen molar-refractivity contribution in [3.8, 4) is 5.75 Å². The van der Waals surface area contributed by atoms with E-state index in [1.807, 2.05) is 12.1 Å². The summed E-state index contributed by atoms with van der Waals surface area (Å²) in [7, 11) is 1.62. The monoisotopic (exact) mass is 392 g/mol. The predicted molar refractivity (Wildman–Crippen MR) is 115 cm³/mol. The van der Waals surface area contributed by atoms with Gasteiger partial charge in [0.2, 0.25) is 0 Å². The Bertz CT molecular complexity index is 1020. The molecule has 2 heterocycles. The maximum absolute atomic E-state index is 13.7. The number of anilines is 1. The minimum atomic E-state index is -0.184. The van der Waals surface area contributed by atoms with E-state index >= 15 is 0 Å². The van der Waals surface area contributed by atoms with Gasteiger partial charge in [0.25, 0.3) is 0 Å². The molecule has 0 amide bonds. The highest BCUT2D eigenvalue weighted by atomic mass is 19.1. The molecule has 0 spiro atoms. The summed E-state index contributed by atoms with van der Waals surface area (Å²) in [5.41, 5.74) is 2.46. The molecule has 6 heteroatoms. The summed E-state index contributed by atoms with van der Waals surface area (Å²) in [6, 6.07) is 11.2. The number of rotatable bonds is 7. The number of hydrogen-bond acceptors (Lipinski definition) is 5. The molecule has 0 unspecified atom stereocenters. The van der Waals surface area contributed by atoms with E-state index in [0.717, 1.165) is 61.2 Å². The van der Waals surface area contributed by atoms with Gasteiger partial charge in [0.1, 0.15) is 12.1 Å². The number of hydrogen-bond donors (Lipinski definition) is 1. The Morgan fingerprint density at radius 2 is 2.17 bits per heavy atom. The molecule has 4 rings (SSSR count). The van der Waals surface area contributed by atoms with Crippen molar-refractivity contribution < 1.29 is 9.13 Å². The van der Waals surface area contributed by atoms with Crippen LogP contribution < -0.4 is 10.1 Å². The van der Waals surface area contributed by atoms with Crippen molar-refractivity contribution in [1.29, 1.82) is 0 Å². The molecule has 3 aromatic rings. The Morgan fingerprint density at radius 3 is 3.00 bits per heavy atom. The average molecular weight is 392 g/mol. The van der Waals surface area contributed by atoms with Crippen molar-refractivity contribution in [2.45, 2.75) is 12.8 Å². The zero-order chi connectivity index (χ0) is 20.1. The van der Waals surface area contributed by atoms with E-state index in [4.69, 9.17) is 4.74 Å². The summed E-state index contributed by atoms with van der Waals surface area (Å²) < 4.78 is 19.0. The van der Waals surface area contributed by atoms with Gasteiger partial charge in [-0.25, -0.2) is 14.4 Å². The number of nitrogens with zero attached hydrogens (tertiary/aromatic N) is 3. The fraction of sp³-hybridized carbons (Fsp3) is 0.304. The third-order valence-corrected chi connectivity index (χ3v) is 5.33. The number of aromatic nitrogens is 2. The number of nitrogens with one attached hydrogen (secondary N) is 1. The first-order chi connectivity index (χ1) is 14.2. The van der Waals surface area contributed by atoms with Gasteiger partial charge >= 0.3 is 0 Å². The van der Waals surface area contributed by atoms with Crippen LogP contribution in [0.5, 0.6) is 5.75 Å². The summed E-state index contributed by atoms with van der Waals surface area (Å²) in [6.07, 6.45) is 7.44. The van der Waals surface area contributed by atoms with Gasteiger partial charge in [-0.05, 0) is 46.9 Å². The van der Waals surface area contributed by atoms with Gasteiger partial charge in [-0.1, -0.05) is 30.3 Å². The average Bonchev–Trinajstić information content (AvgIpc) is 2.77. The minimum absolute atomic E-state index is 0.184. The van der Waals surface area contributed by atoms with Crippen molar-refractivity contribution in [3.63, 3.8) is 0 Å². The Hall–Kier alpha value is -2.99. The molecule has 150 valence electrons. The highest BCUT2D eigenvalue weighted by Crippen LogP contribution is 2.29. The quantitative estimate of drug-likeness (QED) is 0.605. The molecule has 0 saturated heterocycles. The lowest BCUT2D eigenvalue weighted by molar-refractivity contribution is 0.301. The van der Waals surface area contributed by atoms with Crippen LogP contribution in [-0.2, 0) is 0 Å². The molecule has 0 saturated carbocycles. The molecular weight excluding hydrogens is 367 g/mol. The summed E-state index contributed by atoms with van der Waals surface area (Å²) in [6.45, 7) is 3.75. The Morgan fingerprint density at radius 1 is 1.24 bits per heavy atom. The molecule has 0 aliphatic carbocycles. The third-order valence-electron chi connectivity index (χ3n) is 5.33. The van der Waals surface area contributed by atoms with Crippen molar-refractivity contribution >= 4 is 22.2 Å². The van der Waals surface area contributed by atoms with Gasteiger partial charge in [-0.15, -0.1) is 0 Å². The van der Waals surface area contributed by atoms with Crippen LogP contribution in [0.3, 0.4) is 0 Å². The van der Waals surface area contributed by atoms with E-state index in [2.05, 4.69) is 38.4 Å². The highest BCUT2D eigenvalue weighted by molar-refractivity contribution is 5.94. The summed E-state index contributed by atoms with van der Waals surface area (Å²) in [5.74, 6) is 1.20. The molecule has 2 aromatic carbocycles. The molecule has 5 nitrogen and oxygen atoms in total. The van der Waals surface area contributed by atoms with Crippen molar-refractivity contribution in [3.05, 3.63) is 66.4 Å². The number of fused-ring (bicyclic) bond motifs is 1. The normalized spacial score (nSPS) is 14.6. The van der Waals surface area contributed by atoms with Crippen LogP contribution in [0.4, 0.5) is 10.2 Å². The lowest BCUT2D eigenvalue weighted by Gasteiger charge is -2.27. The van der Waals surface area contributed by atoms with Gasteiger partial charge < -0.3 is 10.1 Å². The van der Waals surface area contributed by atoms with E-state index in [1.54, 1.807) is 19.4 Å². The van der Waals surface area contributed by atoms with Gasteiger partial charge in [0, 0.05) is 26.2 Å². The fourth-order valence-electron chi connectivity index (χ4n) is 3.79. The standard InChI is InChI=1S/C23H25FN4O/c1-29-22-15-25-16-27-23(22)26-10-3-11-28-12-8-18(9-13-28)20-5-2-4-17-6-7-19(24)14-21(17)20/h2,4-8,14-16H,3,9-13H2,1H3,(H,25,26,27). The molecule has 1 N–H and O–H groups in total. The second-order valence-electron chi connectivity index (χ2n) is 7.17. The van der Waals surface area contributed by atoms with E-state index < -0.39 is 0 Å². The first-order valence-corrected chi connectivity index (χ1v) is 9.92. The Balaban J connectivity index is 1.33. The number of methoxy groups -OCH3 is 1. The van der Waals surface area contributed by atoms with Crippen LogP contribution in [0.25, 0.3) is 16.3 Å². The summed E-state index contributed by atoms with van der Waals surface area (Å²) in [4.78, 5) is 10.6. The largest absolute Gasteiger partial charge is 0.491 e. The van der Waals surface area contributed by atoms with Crippen LogP contribution in [-0.4, -0.2) is 48.2 Å². The van der Waals surface area contributed by atoms with Crippen LogP contribution in [0.15, 0.2) is 55.0 Å². The maximum Gasteiger partial charge on any atom is 0.179 e. The predicted octanol–water partition coefficient (Wildman–Crippen LogP) is 4.37. The molecule has 0 radical (unpaired) electrons. The van der Waals surface area contributed by atoms with E-state index in [1.165, 1.54) is 18.0 Å². The van der Waals surface area contributed by atoms with E-state index in [9.17, 15) is 4.39 Å². The summed E-state index contributed by atoms with van der Waals surface area (Å²) >= 11 is 0. The number of ether oxygens (including phenoxy) is 1. The zero-order valence-corrected chi connectivity index (χ0v) is 16.6. The molecule has 0 atom stereocenters. The van der Waals surface area contributed by atoms with E-state index in [-0.39, 0.29) is 5.82 Å². The fourth-order valence-corrected chi connectivity index (χ4v) is 3.79. The number of halogens is 1. The molecular formula is C23H25FN4O. The molecule has 29 heavy (non-hydrogen) atoms. The molecule has 1 aliphatic rings. The molecule has 0 bridgehead atoms. The van der Waals surface area contributed by atoms with Crippen LogP contribution in [0.1, 0.15) is 18.4 Å². The van der Waals surface area contributed by atoms with Gasteiger partial charge in [-0.3, -0.25) is 4.90 Å². The third kappa shape index (κ3) is 4.54. The van der Waals surface area contributed by atoms with Gasteiger partial charge in [0.05, 0.1) is 13.3 Å². The SMILES string of the molecule is COc1cncnc1NCCCN1CC=C(c2cccc3ccc(F)cc23)CC1. The lowest BCUT2D eigenvalue weighted by atomic mass is 9.94. The first-order valence-electron chi connectivity index (χ1n) is 9.92.